The normalized spacial score (nSPS) is 15.1. The second-order valence-corrected chi connectivity index (χ2v) is 7.81. The number of hydrogen-bond acceptors (Lipinski definition) is 10. The zero-order valence-electron chi connectivity index (χ0n) is 19.4. The van der Waals surface area contributed by atoms with Crippen molar-refractivity contribution in [2.45, 2.75) is 25.8 Å². The number of amides is 3. The summed E-state index contributed by atoms with van der Waals surface area (Å²) in [7, 11) is 3.01. The van der Waals surface area contributed by atoms with E-state index < -0.39 is 18.1 Å². The van der Waals surface area contributed by atoms with E-state index in [4.69, 9.17) is 10.5 Å². The SMILES string of the molecule is COc1ccc(CNc2nc(NCc3ccc(CN)cc3)nc(NC3NC(=O)N(C)C3=O)n2)cc1. The zero-order chi connectivity index (χ0) is 24.8. The Labute approximate surface area is 202 Å². The van der Waals surface area contributed by atoms with Crippen molar-refractivity contribution in [2.75, 3.05) is 30.1 Å². The minimum atomic E-state index is -0.971. The maximum Gasteiger partial charge on any atom is 0.325 e. The van der Waals surface area contributed by atoms with Crippen molar-refractivity contribution >= 4 is 29.8 Å². The van der Waals surface area contributed by atoms with Gasteiger partial charge in [-0.3, -0.25) is 9.69 Å². The van der Waals surface area contributed by atoms with E-state index >= 15 is 0 Å². The summed E-state index contributed by atoms with van der Waals surface area (Å²) >= 11 is 0. The van der Waals surface area contributed by atoms with Crippen LogP contribution in [0.15, 0.2) is 48.5 Å². The number of carbonyl (C=O) groups is 2. The molecule has 2 aromatic carbocycles. The molecule has 1 atom stereocenters. The molecular formula is C23H27N9O3. The molecule has 0 saturated carbocycles. The molecule has 12 nitrogen and oxygen atoms in total. The van der Waals surface area contributed by atoms with Crippen molar-refractivity contribution in [3.63, 3.8) is 0 Å². The van der Waals surface area contributed by atoms with Gasteiger partial charge in [-0.05, 0) is 28.8 Å². The van der Waals surface area contributed by atoms with E-state index in [0.717, 1.165) is 27.3 Å². The number of benzene rings is 2. The fourth-order valence-electron chi connectivity index (χ4n) is 3.30. The quantitative estimate of drug-likeness (QED) is 0.271. The van der Waals surface area contributed by atoms with Crippen LogP contribution in [0.3, 0.4) is 0 Å². The van der Waals surface area contributed by atoms with Crippen LogP contribution in [0.2, 0.25) is 0 Å². The fourth-order valence-corrected chi connectivity index (χ4v) is 3.30. The topological polar surface area (TPSA) is 159 Å². The Morgan fingerprint density at radius 2 is 1.40 bits per heavy atom. The monoisotopic (exact) mass is 477 g/mol. The number of nitrogens with two attached hydrogens (primary N) is 1. The Morgan fingerprint density at radius 3 is 1.89 bits per heavy atom. The van der Waals surface area contributed by atoms with Gasteiger partial charge in [0.15, 0.2) is 6.17 Å². The highest BCUT2D eigenvalue weighted by Crippen LogP contribution is 2.16. The van der Waals surface area contributed by atoms with Crippen LogP contribution in [-0.2, 0) is 24.4 Å². The summed E-state index contributed by atoms with van der Waals surface area (Å²) < 4.78 is 5.19. The second-order valence-electron chi connectivity index (χ2n) is 7.81. The van der Waals surface area contributed by atoms with Gasteiger partial charge in [-0.15, -0.1) is 0 Å². The molecule has 1 aliphatic heterocycles. The van der Waals surface area contributed by atoms with E-state index in [2.05, 4.69) is 36.2 Å². The van der Waals surface area contributed by atoms with Crippen molar-refractivity contribution in [2.24, 2.45) is 5.73 Å². The highest BCUT2D eigenvalue weighted by Gasteiger charge is 2.35. The van der Waals surface area contributed by atoms with Crippen LogP contribution in [-0.4, -0.2) is 52.1 Å². The number of rotatable bonds is 10. The number of imide groups is 1. The van der Waals surface area contributed by atoms with Crippen molar-refractivity contribution in [3.8, 4) is 5.75 Å². The lowest BCUT2D eigenvalue weighted by atomic mass is 10.1. The van der Waals surface area contributed by atoms with Gasteiger partial charge in [0.05, 0.1) is 7.11 Å². The van der Waals surface area contributed by atoms with E-state index in [1.54, 1.807) is 7.11 Å². The zero-order valence-corrected chi connectivity index (χ0v) is 19.4. The molecule has 0 aliphatic carbocycles. The molecule has 3 amide bonds. The molecule has 182 valence electrons. The van der Waals surface area contributed by atoms with Crippen LogP contribution in [0.5, 0.6) is 5.75 Å². The first kappa shape index (κ1) is 23.7. The van der Waals surface area contributed by atoms with Gasteiger partial charge in [0.2, 0.25) is 17.8 Å². The second kappa shape index (κ2) is 10.7. The molecule has 2 heterocycles. The molecule has 35 heavy (non-hydrogen) atoms. The van der Waals surface area contributed by atoms with Gasteiger partial charge in [-0.25, -0.2) is 4.79 Å². The van der Waals surface area contributed by atoms with Crippen LogP contribution < -0.4 is 31.7 Å². The number of likely N-dealkylation sites (N-methyl/N-ethyl adjacent to an activating group) is 1. The lowest BCUT2D eigenvalue weighted by molar-refractivity contribution is -0.125. The van der Waals surface area contributed by atoms with Crippen LogP contribution in [0.25, 0.3) is 0 Å². The van der Waals surface area contributed by atoms with Gasteiger partial charge < -0.3 is 31.7 Å². The van der Waals surface area contributed by atoms with Crippen molar-refractivity contribution in [1.82, 2.24) is 25.2 Å². The summed E-state index contributed by atoms with van der Waals surface area (Å²) in [6.07, 6.45) is -0.971. The summed E-state index contributed by atoms with van der Waals surface area (Å²) in [5.74, 6) is 1.06. The molecule has 0 radical (unpaired) electrons. The molecular weight excluding hydrogens is 450 g/mol. The Morgan fingerprint density at radius 1 is 0.886 bits per heavy atom. The van der Waals surface area contributed by atoms with E-state index in [-0.39, 0.29) is 5.95 Å². The molecule has 4 rings (SSSR count). The Kier molecular flexibility index (Phi) is 7.21. The average molecular weight is 478 g/mol. The third kappa shape index (κ3) is 5.92. The molecule has 3 aromatic rings. The highest BCUT2D eigenvalue weighted by molar-refractivity contribution is 6.04. The Bertz CT molecular complexity index is 1120. The van der Waals surface area contributed by atoms with Crippen LogP contribution in [0.1, 0.15) is 16.7 Å². The smallest absolute Gasteiger partial charge is 0.325 e. The Balaban J connectivity index is 1.50. The minimum Gasteiger partial charge on any atom is -0.497 e. The van der Waals surface area contributed by atoms with Gasteiger partial charge in [-0.2, -0.15) is 15.0 Å². The first-order valence-electron chi connectivity index (χ1n) is 10.9. The molecule has 1 saturated heterocycles. The van der Waals surface area contributed by atoms with Crippen LogP contribution >= 0.6 is 0 Å². The largest absolute Gasteiger partial charge is 0.497 e. The number of aromatic nitrogens is 3. The van der Waals surface area contributed by atoms with Gasteiger partial charge >= 0.3 is 6.03 Å². The lowest BCUT2D eigenvalue weighted by Crippen LogP contribution is -2.37. The maximum atomic E-state index is 12.3. The first-order valence-corrected chi connectivity index (χ1v) is 10.9. The maximum absolute atomic E-state index is 12.3. The van der Waals surface area contributed by atoms with Crippen molar-refractivity contribution in [1.29, 1.82) is 0 Å². The molecule has 1 unspecified atom stereocenters. The van der Waals surface area contributed by atoms with Crippen molar-refractivity contribution in [3.05, 3.63) is 65.2 Å². The molecule has 1 aliphatic rings. The molecule has 12 heteroatoms. The average Bonchev–Trinajstić information content (AvgIpc) is 3.13. The Hall–Kier alpha value is -4.45. The number of nitrogens with one attached hydrogen (secondary N) is 4. The first-order chi connectivity index (χ1) is 16.9. The number of urea groups is 1. The lowest BCUT2D eigenvalue weighted by Gasteiger charge is -2.14. The third-order valence-corrected chi connectivity index (χ3v) is 5.38. The number of methoxy groups -OCH3 is 1. The summed E-state index contributed by atoms with van der Waals surface area (Å²) in [6.45, 7) is 1.40. The van der Waals surface area contributed by atoms with E-state index in [0.29, 0.717) is 31.5 Å². The molecule has 0 bridgehead atoms. The highest BCUT2D eigenvalue weighted by atomic mass is 16.5. The predicted octanol–water partition coefficient (Wildman–Crippen LogP) is 1.48. The van der Waals surface area contributed by atoms with Crippen molar-refractivity contribution < 1.29 is 14.3 Å². The standard InChI is InChI=1S/C23H27N9O3/c1-32-19(33)18(28-23(32)34)27-22-30-20(25-12-15-5-3-14(11-24)4-6-15)29-21(31-22)26-13-16-7-9-17(35-2)10-8-16/h3-10,18H,11-13,24H2,1-2H3,(H,28,34)(H3,25,26,27,29,30,31). The van der Waals surface area contributed by atoms with Gasteiger partial charge in [0, 0.05) is 26.7 Å². The summed E-state index contributed by atoms with van der Waals surface area (Å²) in [4.78, 5) is 38.2. The third-order valence-electron chi connectivity index (χ3n) is 5.38. The number of carbonyl (C=O) groups excluding carboxylic acids is 2. The molecule has 1 fully saturated rings. The molecule has 0 spiro atoms. The van der Waals surface area contributed by atoms with Gasteiger partial charge in [0.25, 0.3) is 5.91 Å². The number of hydrogen-bond donors (Lipinski definition) is 5. The number of anilines is 3. The summed E-state index contributed by atoms with van der Waals surface area (Å²) in [5.41, 5.74) is 8.72. The summed E-state index contributed by atoms with van der Waals surface area (Å²) in [5, 5.41) is 11.7. The number of nitrogens with zero attached hydrogens (tertiary/aromatic N) is 4. The minimum absolute atomic E-state index is 0.132. The van der Waals surface area contributed by atoms with E-state index in [9.17, 15) is 9.59 Å². The fraction of sp³-hybridized carbons (Fsp3) is 0.261. The number of ether oxygens (including phenoxy) is 1. The van der Waals surface area contributed by atoms with Gasteiger partial charge in [-0.1, -0.05) is 36.4 Å². The van der Waals surface area contributed by atoms with E-state index in [1.807, 2.05) is 48.5 Å². The summed E-state index contributed by atoms with van der Waals surface area (Å²) in [6, 6.07) is 15.0. The van der Waals surface area contributed by atoms with Crippen LogP contribution in [0.4, 0.5) is 22.6 Å². The van der Waals surface area contributed by atoms with Crippen LogP contribution in [0, 0.1) is 0 Å². The molecule has 1 aromatic heterocycles. The molecule has 6 N–H and O–H groups in total. The van der Waals surface area contributed by atoms with E-state index in [1.165, 1.54) is 7.05 Å². The predicted molar refractivity (Wildman–Crippen MR) is 131 cm³/mol. The van der Waals surface area contributed by atoms with Gasteiger partial charge in [0.1, 0.15) is 5.75 Å².